The maximum absolute atomic E-state index is 9.75. The van der Waals surface area contributed by atoms with Gasteiger partial charge in [-0.2, -0.15) is 36.4 Å². The second-order valence-electron chi connectivity index (χ2n) is 18.5. The molecule has 0 saturated heterocycles. The Kier molecular flexibility index (Phi) is 23.3. The molecule has 0 aliphatic carbocycles. The third-order valence-electron chi connectivity index (χ3n) is 13.3. The predicted molar refractivity (Wildman–Crippen MR) is 345 cm³/mol. The van der Waals surface area contributed by atoms with Crippen LogP contribution in [0.1, 0.15) is 22.8 Å². The van der Waals surface area contributed by atoms with Gasteiger partial charge in [0.2, 0.25) is 0 Å². The third-order valence-corrected chi connectivity index (χ3v) is 20.6. The zero-order valence-electron chi connectivity index (χ0n) is 44.0. The molecule has 3 atom stereocenters. The summed E-state index contributed by atoms with van der Waals surface area (Å²) in [6.45, 7) is 0. The smallest absolute Gasteiger partial charge is 0.110 e. The largest absolute Gasteiger partial charge is 0.667 e. The zero-order valence-corrected chi connectivity index (χ0v) is 49.5. The van der Waals surface area contributed by atoms with Crippen LogP contribution in [0.15, 0.2) is 315 Å². The van der Waals surface area contributed by atoms with E-state index in [2.05, 4.69) is 283 Å². The molecular weight excluding hydrogens is 1170 g/mol. The summed E-state index contributed by atoms with van der Waals surface area (Å²) in [6.07, 6.45) is 0. The van der Waals surface area contributed by atoms with E-state index in [1.807, 2.05) is 65.8 Å². The molecule has 12 aromatic rings. The average Bonchev–Trinajstić information content (AvgIpc) is 3.53. The van der Waals surface area contributed by atoms with Gasteiger partial charge in [-0.15, -0.1) is 0 Å². The zero-order chi connectivity index (χ0) is 56.7. The minimum atomic E-state index is -6.00. The van der Waals surface area contributed by atoms with Crippen molar-refractivity contribution < 1.29 is 34.6 Å². The first-order valence-corrected chi connectivity index (χ1v) is 32.6. The van der Waals surface area contributed by atoms with Crippen LogP contribution in [-0.2, 0) is 17.3 Å². The number of nitrogens with one attached hydrogen (secondary N) is 1. The standard InChI is InChI=1S/C38H28P2.C26H23NP.C6H5.BF4.ClH.Ru/c1-4-16-30(17-5-1)39-35-26-24-28-14-10-12-22-33(28)37(35)38-34-23-13-11-15-29(34)25-27-36(38)40(31-18-6-2-7-19-31)32-20-8-3-9-21-32;27-25(21-13-5-1-6-14-21)26(22-15-7-2-8-16-22)28(23-17-9-3-10-18-23)24-19-11-4-12-20-24;1-2-4-6-5-3-1;2-1(3,4)5;;/h1-27,39H;1-20,25-27H;1-5H;;1H;/q;3*-1;;+4/p+1. The van der Waals surface area contributed by atoms with Crippen LogP contribution in [0.25, 0.3) is 38.4 Å². The van der Waals surface area contributed by atoms with E-state index in [1.54, 1.807) is 0 Å². The Morgan fingerprint density at radius 3 is 1.19 bits per heavy atom. The van der Waals surface area contributed by atoms with Gasteiger partial charge >= 0.3 is 34.3 Å². The first-order chi connectivity index (χ1) is 39.7. The van der Waals surface area contributed by atoms with Crippen LogP contribution in [0, 0.1) is 6.07 Å². The van der Waals surface area contributed by atoms with Crippen molar-refractivity contribution in [1.82, 2.24) is 0 Å². The van der Waals surface area contributed by atoms with Gasteiger partial charge in [0.05, 0.1) is 32.1 Å². The Labute approximate surface area is 492 Å². The summed E-state index contributed by atoms with van der Waals surface area (Å²) in [6, 6.07) is 115. The summed E-state index contributed by atoms with van der Waals surface area (Å²) >= 11 is 1.82. The van der Waals surface area contributed by atoms with Crippen molar-refractivity contribution in [1.29, 1.82) is 0 Å². The van der Waals surface area contributed by atoms with Crippen molar-refractivity contribution in [2.24, 2.45) is 0 Å². The Morgan fingerprint density at radius 1 is 0.395 bits per heavy atom. The molecule has 0 aliphatic heterocycles. The van der Waals surface area contributed by atoms with E-state index in [4.69, 9.17) is 0 Å². The molecule has 1 N–H and O–H groups in total. The van der Waals surface area contributed by atoms with Crippen molar-refractivity contribution in [3.8, 4) is 11.1 Å². The number of hydrogen-bond acceptors (Lipinski definition) is 0. The van der Waals surface area contributed by atoms with Crippen LogP contribution in [0.5, 0.6) is 0 Å². The van der Waals surface area contributed by atoms with E-state index in [-0.39, 0.29) is 11.7 Å². The van der Waals surface area contributed by atoms with Crippen LogP contribution >= 0.6 is 34.1 Å². The van der Waals surface area contributed by atoms with Gasteiger partial charge in [-0.3, -0.25) is 0 Å². The molecule has 11 heteroatoms. The fraction of sp³-hybridized carbons (Fsp3) is 0.0286. The topological polar surface area (TPSA) is 23.8 Å². The molecule has 1 nitrogen and oxygen atoms in total. The summed E-state index contributed by atoms with van der Waals surface area (Å²) in [7, 11) is -3.38. The molecule has 0 aromatic heterocycles. The fourth-order valence-corrected chi connectivity index (χ4v) is 17.1. The van der Waals surface area contributed by atoms with Crippen molar-refractivity contribution in [2.75, 3.05) is 0 Å². The molecule has 0 bridgehead atoms. The van der Waals surface area contributed by atoms with Crippen LogP contribution in [-0.4, -0.2) is 7.25 Å². The van der Waals surface area contributed by atoms with Gasteiger partial charge in [-0.05, 0) is 92.3 Å². The number of halogens is 5. The monoisotopic (exact) mass is 1230 g/mol. The van der Waals surface area contributed by atoms with Crippen LogP contribution in [0.3, 0.4) is 0 Å². The van der Waals surface area contributed by atoms with E-state index < -0.39 is 23.1 Å². The first-order valence-electron chi connectivity index (χ1n) is 26.3. The molecule has 12 rings (SSSR count). The summed E-state index contributed by atoms with van der Waals surface area (Å²) in [4.78, 5) is 0. The number of fused-ring (bicyclic) bond motifs is 2. The Balaban J connectivity index is 0.000000181. The van der Waals surface area contributed by atoms with Crippen LogP contribution < -0.4 is 37.1 Å². The maximum Gasteiger partial charge on any atom is 0.110 e. The second kappa shape index (κ2) is 31.4. The van der Waals surface area contributed by atoms with Gasteiger partial charge in [0.15, 0.2) is 0 Å². The predicted octanol–water partition coefficient (Wildman–Crippen LogP) is 17.6. The second-order valence-corrected chi connectivity index (χ2v) is 24.9. The Hall–Kier alpha value is -6.89. The van der Waals surface area contributed by atoms with Crippen molar-refractivity contribution >= 4 is 100 Å². The van der Waals surface area contributed by atoms with Crippen LogP contribution in [0.2, 0.25) is 0 Å². The quantitative estimate of drug-likeness (QED) is 0.0504. The van der Waals surface area contributed by atoms with Gasteiger partial charge in [-0.25, -0.2) is 0 Å². The van der Waals surface area contributed by atoms with E-state index in [0.717, 1.165) is 5.56 Å². The molecule has 0 heterocycles. The molecule has 0 spiro atoms. The van der Waals surface area contributed by atoms with Crippen molar-refractivity contribution in [2.45, 2.75) is 11.7 Å². The average molecular weight is 1230 g/mol. The van der Waals surface area contributed by atoms with Gasteiger partial charge in [0.1, 0.15) is 15.9 Å². The molecule has 402 valence electrons. The van der Waals surface area contributed by atoms with E-state index in [0.29, 0.717) is 8.58 Å². The Morgan fingerprint density at radius 2 is 0.753 bits per heavy atom. The number of benzene rings is 12. The minimum Gasteiger partial charge on any atom is -0.667 e. The maximum atomic E-state index is 9.75. The van der Waals surface area contributed by atoms with Gasteiger partial charge in [0.25, 0.3) is 0 Å². The summed E-state index contributed by atoms with van der Waals surface area (Å²) in [5, 5.41) is 14.9. The molecule has 0 amide bonds. The molecule has 0 fully saturated rings. The van der Waals surface area contributed by atoms with E-state index in [1.165, 1.54) is 75.4 Å². The van der Waals surface area contributed by atoms with Crippen molar-refractivity contribution in [3.05, 3.63) is 338 Å². The molecule has 0 aliphatic rings. The first kappa shape index (κ1) is 60.2. The van der Waals surface area contributed by atoms with E-state index >= 15 is 0 Å². The summed E-state index contributed by atoms with van der Waals surface area (Å²) < 4.78 is 39.0. The van der Waals surface area contributed by atoms with Crippen molar-refractivity contribution in [3.63, 3.8) is 0 Å². The molecule has 0 radical (unpaired) electrons. The SMILES string of the molecule is F[B-](F)(F)F.[Cl][Ru+3].[NH-]C(c1ccccc1)C(c1ccccc1)[PH+](c1ccccc1)c1ccccc1.[c-]1ccccc1.c1ccc(Pc2ccc3ccccc3c2-c2c([PH+](c3ccccc3)c3ccccc3)ccc3ccccc23)cc1. The van der Waals surface area contributed by atoms with Gasteiger partial charge in [-0.1, -0.05) is 251 Å². The molecule has 3 unspecified atom stereocenters. The molecular formula is C70H58BClF4NP3Ru+2. The summed E-state index contributed by atoms with van der Waals surface area (Å²) in [5.41, 5.74) is 14.5. The van der Waals surface area contributed by atoms with E-state index in [9.17, 15) is 23.0 Å². The van der Waals surface area contributed by atoms with Gasteiger partial charge < -0.3 is 23.0 Å². The molecule has 0 saturated carbocycles. The summed E-state index contributed by atoms with van der Waals surface area (Å²) in [5.74, 6) is 0. The van der Waals surface area contributed by atoms with Crippen LogP contribution in [0.4, 0.5) is 17.3 Å². The Bertz CT molecular complexity index is 3620. The molecule has 12 aromatic carbocycles. The third kappa shape index (κ3) is 17.1. The minimum absolute atomic E-state index is 0.110. The van der Waals surface area contributed by atoms with Gasteiger partial charge in [0, 0.05) is 11.1 Å². The fourth-order valence-electron chi connectivity index (χ4n) is 9.90. The molecule has 81 heavy (non-hydrogen) atoms. The number of rotatable bonds is 12. The normalized spacial score (nSPS) is 11.7. The number of hydrogen-bond donors (Lipinski definition) is 0.